The molecule has 0 saturated heterocycles. The third-order valence-electron chi connectivity index (χ3n) is 4.35. The van der Waals surface area contributed by atoms with Crippen molar-refractivity contribution in [1.29, 1.82) is 0 Å². The number of benzene rings is 2. The van der Waals surface area contributed by atoms with Crippen molar-refractivity contribution < 1.29 is 9.53 Å². The van der Waals surface area contributed by atoms with Crippen LogP contribution < -0.4 is 21.1 Å². The Labute approximate surface area is 172 Å². The summed E-state index contributed by atoms with van der Waals surface area (Å²) in [7, 11) is 1.61. The first kappa shape index (κ1) is 18.9. The van der Waals surface area contributed by atoms with E-state index in [-0.39, 0.29) is 11.7 Å². The molecule has 0 fully saturated rings. The van der Waals surface area contributed by atoms with Gasteiger partial charge in [-0.1, -0.05) is 12.6 Å². The number of fused-ring (bicyclic) bond motifs is 1. The standard InChI is InChI=1S/C21H19N7O2/c1-3-17(29)24-14-5-4-6-15(11-14)28-12-23-18-19(22)26-21(27-20(18)28)25-13-7-9-16(30-2)10-8-13/h3-12H,1H2,2H3,(H,24,29)(H3,22,25,26,27). The number of anilines is 4. The molecule has 0 aliphatic carbocycles. The van der Waals surface area contributed by atoms with E-state index in [2.05, 4.69) is 32.2 Å². The van der Waals surface area contributed by atoms with Crippen LogP contribution in [0.15, 0.2) is 67.5 Å². The maximum atomic E-state index is 11.6. The number of aromatic nitrogens is 4. The number of amides is 1. The van der Waals surface area contributed by atoms with Crippen LogP contribution in [0.25, 0.3) is 16.9 Å². The number of hydrogen-bond acceptors (Lipinski definition) is 7. The van der Waals surface area contributed by atoms with Gasteiger partial charge in [0, 0.05) is 11.4 Å². The number of nitrogens with one attached hydrogen (secondary N) is 2. The van der Waals surface area contributed by atoms with Crippen LogP contribution in [0.4, 0.5) is 23.1 Å². The predicted octanol–water partition coefficient (Wildman–Crippen LogP) is 3.27. The van der Waals surface area contributed by atoms with Crippen molar-refractivity contribution in [2.75, 3.05) is 23.5 Å². The van der Waals surface area contributed by atoms with Crippen molar-refractivity contribution in [2.45, 2.75) is 0 Å². The smallest absolute Gasteiger partial charge is 0.247 e. The molecule has 0 atom stereocenters. The van der Waals surface area contributed by atoms with Crippen LogP contribution in [0.2, 0.25) is 0 Å². The molecule has 1 amide bonds. The Morgan fingerprint density at radius 1 is 1.17 bits per heavy atom. The second-order valence-corrected chi connectivity index (χ2v) is 6.32. The number of nitrogens with zero attached hydrogens (tertiary/aromatic N) is 4. The fourth-order valence-electron chi connectivity index (χ4n) is 2.90. The lowest BCUT2D eigenvalue weighted by Gasteiger charge is -2.09. The summed E-state index contributed by atoms with van der Waals surface area (Å²) in [6.07, 6.45) is 2.83. The first-order chi connectivity index (χ1) is 14.6. The van der Waals surface area contributed by atoms with Crippen LogP contribution in [0.5, 0.6) is 5.75 Å². The Bertz CT molecular complexity index is 1230. The SMILES string of the molecule is C=CC(=O)Nc1cccc(-n2cnc3c(N)nc(Nc4ccc(OC)cc4)nc32)c1. The van der Waals surface area contributed by atoms with Gasteiger partial charge in [-0.05, 0) is 48.5 Å². The molecule has 0 saturated carbocycles. The summed E-state index contributed by atoms with van der Waals surface area (Å²) in [5.74, 6) is 1.05. The Hall–Kier alpha value is -4.40. The van der Waals surface area contributed by atoms with Gasteiger partial charge in [-0.15, -0.1) is 0 Å². The van der Waals surface area contributed by atoms with E-state index >= 15 is 0 Å². The molecule has 4 rings (SSSR count). The fourth-order valence-corrected chi connectivity index (χ4v) is 2.90. The first-order valence-corrected chi connectivity index (χ1v) is 9.03. The summed E-state index contributed by atoms with van der Waals surface area (Å²) in [6.45, 7) is 3.46. The molecule has 2 aromatic carbocycles. The van der Waals surface area contributed by atoms with Crippen molar-refractivity contribution in [3.8, 4) is 11.4 Å². The van der Waals surface area contributed by atoms with E-state index in [4.69, 9.17) is 10.5 Å². The molecule has 0 spiro atoms. The molecule has 30 heavy (non-hydrogen) atoms. The normalized spacial score (nSPS) is 10.6. The molecule has 150 valence electrons. The maximum Gasteiger partial charge on any atom is 0.247 e. The average molecular weight is 401 g/mol. The van der Waals surface area contributed by atoms with Crippen LogP contribution >= 0.6 is 0 Å². The molecule has 9 nitrogen and oxygen atoms in total. The van der Waals surface area contributed by atoms with Gasteiger partial charge in [0.05, 0.1) is 12.8 Å². The van der Waals surface area contributed by atoms with E-state index in [1.54, 1.807) is 30.1 Å². The zero-order valence-electron chi connectivity index (χ0n) is 16.2. The summed E-state index contributed by atoms with van der Waals surface area (Å²) in [5.41, 5.74) is 9.29. The fraction of sp³-hybridized carbons (Fsp3) is 0.0476. The van der Waals surface area contributed by atoms with Crippen molar-refractivity contribution >= 4 is 40.2 Å². The topological polar surface area (TPSA) is 120 Å². The summed E-state index contributed by atoms with van der Waals surface area (Å²) < 4.78 is 6.94. The van der Waals surface area contributed by atoms with E-state index in [9.17, 15) is 4.79 Å². The van der Waals surface area contributed by atoms with Crippen molar-refractivity contribution in [3.63, 3.8) is 0 Å². The lowest BCUT2D eigenvalue weighted by molar-refractivity contribution is -0.111. The number of nitrogens with two attached hydrogens (primary N) is 1. The van der Waals surface area contributed by atoms with E-state index in [0.29, 0.717) is 22.8 Å². The van der Waals surface area contributed by atoms with Gasteiger partial charge in [0.15, 0.2) is 17.0 Å². The third kappa shape index (κ3) is 3.76. The zero-order valence-corrected chi connectivity index (χ0v) is 16.2. The average Bonchev–Trinajstić information content (AvgIpc) is 3.19. The summed E-state index contributed by atoms with van der Waals surface area (Å²) in [5, 5.41) is 5.87. The van der Waals surface area contributed by atoms with Crippen molar-refractivity contribution in [2.24, 2.45) is 0 Å². The van der Waals surface area contributed by atoms with Gasteiger partial charge in [0.25, 0.3) is 0 Å². The number of rotatable bonds is 6. The van der Waals surface area contributed by atoms with Crippen LogP contribution in [0.3, 0.4) is 0 Å². The summed E-state index contributed by atoms with van der Waals surface area (Å²) in [6, 6.07) is 14.6. The highest BCUT2D eigenvalue weighted by atomic mass is 16.5. The lowest BCUT2D eigenvalue weighted by Crippen LogP contribution is -2.07. The third-order valence-corrected chi connectivity index (χ3v) is 4.35. The van der Waals surface area contributed by atoms with Gasteiger partial charge < -0.3 is 21.1 Å². The molecule has 0 radical (unpaired) electrons. The predicted molar refractivity (Wildman–Crippen MR) is 116 cm³/mol. The minimum Gasteiger partial charge on any atom is -0.497 e. The minimum absolute atomic E-state index is 0.255. The van der Waals surface area contributed by atoms with Crippen LogP contribution in [0.1, 0.15) is 0 Å². The Balaban J connectivity index is 1.71. The molecule has 0 aliphatic rings. The first-order valence-electron chi connectivity index (χ1n) is 9.03. The minimum atomic E-state index is -0.291. The molecule has 2 heterocycles. The van der Waals surface area contributed by atoms with Crippen LogP contribution in [-0.2, 0) is 4.79 Å². The molecule has 4 aromatic rings. The van der Waals surface area contributed by atoms with E-state index in [1.165, 1.54) is 6.08 Å². The van der Waals surface area contributed by atoms with Crippen LogP contribution in [-0.4, -0.2) is 32.5 Å². The van der Waals surface area contributed by atoms with E-state index in [0.717, 1.165) is 17.1 Å². The number of nitrogen functional groups attached to an aromatic ring is 1. The highest BCUT2D eigenvalue weighted by Crippen LogP contribution is 2.25. The number of carbonyl (C=O) groups excluding carboxylic acids is 1. The molecular weight excluding hydrogens is 382 g/mol. The highest BCUT2D eigenvalue weighted by Gasteiger charge is 2.13. The molecular formula is C21H19N7O2. The number of methoxy groups -OCH3 is 1. The molecule has 9 heteroatoms. The van der Waals surface area contributed by atoms with Gasteiger partial charge in [0.1, 0.15) is 12.1 Å². The van der Waals surface area contributed by atoms with E-state index < -0.39 is 0 Å². The summed E-state index contributed by atoms with van der Waals surface area (Å²) in [4.78, 5) is 24.8. The molecule has 4 N–H and O–H groups in total. The van der Waals surface area contributed by atoms with Gasteiger partial charge in [-0.2, -0.15) is 9.97 Å². The molecule has 0 bridgehead atoms. The zero-order chi connectivity index (χ0) is 21.1. The lowest BCUT2D eigenvalue weighted by atomic mass is 10.2. The number of imidazole rings is 1. The second kappa shape index (κ2) is 7.92. The van der Waals surface area contributed by atoms with Gasteiger partial charge in [-0.3, -0.25) is 9.36 Å². The maximum absolute atomic E-state index is 11.6. The van der Waals surface area contributed by atoms with Crippen molar-refractivity contribution in [3.05, 3.63) is 67.5 Å². The van der Waals surface area contributed by atoms with E-state index in [1.807, 2.05) is 36.4 Å². The quantitative estimate of drug-likeness (QED) is 0.424. The number of carbonyl (C=O) groups is 1. The number of ether oxygens (including phenoxy) is 1. The molecule has 2 aromatic heterocycles. The van der Waals surface area contributed by atoms with Gasteiger partial charge in [-0.25, -0.2) is 4.98 Å². The number of hydrogen-bond donors (Lipinski definition) is 3. The van der Waals surface area contributed by atoms with Crippen molar-refractivity contribution in [1.82, 2.24) is 19.5 Å². The monoisotopic (exact) mass is 401 g/mol. The Morgan fingerprint density at radius 3 is 2.70 bits per heavy atom. The van der Waals surface area contributed by atoms with Gasteiger partial charge >= 0.3 is 0 Å². The molecule has 0 aliphatic heterocycles. The molecule has 0 unspecified atom stereocenters. The van der Waals surface area contributed by atoms with Gasteiger partial charge in [0.2, 0.25) is 11.9 Å². The second-order valence-electron chi connectivity index (χ2n) is 6.32. The summed E-state index contributed by atoms with van der Waals surface area (Å²) >= 11 is 0. The van der Waals surface area contributed by atoms with Crippen LogP contribution in [0, 0.1) is 0 Å². The Kier molecular flexibility index (Phi) is 5.00. The largest absolute Gasteiger partial charge is 0.497 e. The highest BCUT2D eigenvalue weighted by molar-refractivity contribution is 5.99. The Morgan fingerprint density at radius 2 is 1.97 bits per heavy atom.